The van der Waals surface area contributed by atoms with Crippen LogP contribution in [0.5, 0.6) is 0 Å². The number of carbonyl (C=O) groups is 2. The molecule has 0 fully saturated rings. The molecule has 1 rings (SSSR count). The molecule has 6 nitrogen and oxygen atoms in total. The average molecular weight is 279 g/mol. The minimum Gasteiger partial charge on any atom is -0.478 e. The lowest BCUT2D eigenvalue weighted by atomic mass is 10.1. The number of anilines is 2. The van der Waals surface area contributed by atoms with Crippen LogP contribution >= 0.6 is 0 Å². The van der Waals surface area contributed by atoms with Gasteiger partial charge in [0.1, 0.15) is 0 Å². The van der Waals surface area contributed by atoms with Crippen molar-refractivity contribution in [2.75, 3.05) is 17.6 Å². The van der Waals surface area contributed by atoms with Crippen LogP contribution in [-0.2, 0) is 4.79 Å². The minimum atomic E-state index is -1.05. The third-order valence-electron chi connectivity index (χ3n) is 2.96. The Kier molecular flexibility index (Phi) is 5.83. The predicted octanol–water partition coefficient (Wildman–Crippen LogP) is 1.68. The van der Waals surface area contributed by atoms with Gasteiger partial charge in [0.2, 0.25) is 5.91 Å². The third kappa shape index (κ3) is 4.79. The number of rotatable bonds is 7. The van der Waals surface area contributed by atoms with Gasteiger partial charge in [-0.15, -0.1) is 0 Å². The van der Waals surface area contributed by atoms with Crippen molar-refractivity contribution in [1.82, 2.24) is 5.32 Å². The number of amides is 1. The van der Waals surface area contributed by atoms with E-state index < -0.39 is 5.97 Å². The van der Waals surface area contributed by atoms with Gasteiger partial charge in [-0.25, -0.2) is 4.79 Å². The lowest BCUT2D eigenvalue weighted by molar-refractivity contribution is -0.121. The molecule has 0 heterocycles. The van der Waals surface area contributed by atoms with Crippen LogP contribution in [0.4, 0.5) is 11.4 Å². The van der Waals surface area contributed by atoms with Crippen LogP contribution in [0.15, 0.2) is 18.2 Å². The van der Waals surface area contributed by atoms with Crippen molar-refractivity contribution in [3.8, 4) is 0 Å². The standard InChI is InChI=1S/C14H21N3O3/c1-3-9(2)17-13(18)6-7-16-12-5-4-10(15)8-11(12)14(19)20/h4-5,8-9,16H,3,6-7,15H2,1-2H3,(H,17,18)(H,19,20). The van der Waals surface area contributed by atoms with Gasteiger partial charge in [-0.2, -0.15) is 0 Å². The first-order chi connectivity index (χ1) is 9.43. The van der Waals surface area contributed by atoms with Crippen molar-refractivity contribution in [2.45, 2.75) is 32.7 Å². The molecule has 1 aromatic carbocycles. The molecule has 0 aliphatic heterocycles. The topological polar surface area (TPSA) is 104 Å². The fraction of sp³-hybridized carbons (Fsp3) is 0.429. The first kappa shape index (κ1) is 15.8. The van der Waals surface area contributed by atoms with Crippen LogP contribution in [0.1, 0.15) is 37.0 Å². The van der Waals surface area contributed by atoms with Crippen LogP contribution in [0.25, 0.3) is 0 Å². The summed E-state index contributed by atoms with van der Waals surface area (Å²) >= 11 is 0. The fourth-order valence-corrected chi connectivity index (χ4v) is 1.65. The number of nitrogen functional groups attached to an aromatic ring is 1. The quantitative estimate of drug-likeness (QED) is 0.568. The maximum absolute atomic E-state index is 11.6. The zero-order valence-corrected chi connectivity index (χ0v) is 11.8. The van der Waals surface area contributed by atoms with Gasteiger partial charge in [0.15, 0.2) is 0 Å². The summed E-state index contributed by atoms with van der Waals surface area (Å²) in [4.78, 5) is 22.7. The van der Waals surface area contributed by atoms with E-state index in [-0.39, 0.29) is 23.9 Å². The number of hydrogen-bond acceptors (Lipinski definition) is 4. The Morgan fingerprint density at radius 1 is 1.40 bits per heavy atom. The number of benzene rings is 1. The van der Waals surface area contributed by atoms with Crippen molar-refractivity contribution in [3.63, 3.8) is 0 Å². The number of carboxylic acid groups (broad SMARTS) is 1. The summed E-state index contributed by atoms with van der Waals surface area (Å²) in [6.07, 6.45) is 1.16. The zero-order valence-electron chi connectivity index (χ0n) is 11.8. The van der Waals surface area contributed by atoms with E-state index in [1.807, 2.05) is 13.8 Å². The predicted molar refractivity (Wildman–Crippen MR) is 78.8 cm³/mol. The molecule has 110 valence electrons. The van der Waals surface area contributed by atoms with E-state index in [0.717, 1.165) is 6.42 Å². The Bertz CT molecular complexity index is 489. The number of nitrogens with two attached hydrogens (primary N) is 1. The summed E-state index contributed by atoms with van der Waals surface area (Å²) in [5.74, 6) is -1.11. The van der Waals surface area contributed by atoms with Crippen molar-refractivity contribution in [2.24, 2.45) is 0 Å². The third-order valence-corrected chi connectivity index (χ3v) is 2.96. The van der Waals surface area contributed by atoms with Gasteiger partial charge in [0, 0.05) is 30.4 Å². The second-order valence-corrected chi connectivity index (χ2v) is 4.66. The second-order valence-electron chi connectivity index (χ2n) is 4.66. The smallest absolute Gasteiger partial charge is 0.337 e. The minimum absolute atomic E-state index is 0.0563. The molecule has 0 aliphatic rings. The van der Waals surface area contributed by atoms with Crippen molar-refractivity contribution < 1.29 is 14.7 Å². The number of carbonyl (C=O) groups excluding carboxylic acids is 1. The Hall–Kier alpha value is -2.24. The largest absolute Gasteiger partial charge is 0.478 e. The highest BCUT2D eigenvalue weighted by atomic mass is 16.4. The lowest BCUT2D eigenvalue weighted by Crippen LogP contribution is -2.33. The van der Waals surface area contributed by atoms with E-state index in [4.69, 9.17) is 10.8 Å². The molecule has 0 saturated heterocycles. The van der Waals surface area contributed by atoms with Crippen LogP contribution in [0, 0.1) is 0 Å². The summed E-state index contributed by atoms with van der Waals surface area (Å²) in [6, 6.07) is 4.76. The van der Waals surface area contributed by atoms with E-state index in [0.29, 0.717) is 17.9 Å². The van der Waals surface area contributed by atoms with E-state index in [1.54, 1.807) is 12.1 Å². The highest BCUT2D eigenvalue weighted by molar-refractivity contribution is 5.95. The SMILES string of the molecule is CCC(C)NC(=O)CCNc1ccc(N)cc1C(=O)O. The highest BCUT2D eigenvalue weighted by Gasteiger charge is 2.11. The molecule has 0 spiro atoms. The van der Waals surface area contributed by atoms with Crippen LogP contribution in [0.2, 0.25) is 0 Å². The van der Waals surface area contributed by atoms with Crippen LogP contribution < -0.4 is 16.4 Å². The Balaban J connectivity index is 2.54. The average Bonchev–Trinajstić information content (AvgIpc) is 2.39. The molecule has 6 heteroatoms. The molecular formula is C14H21N3O3. The molecule has 0 aromatic heterocycles. The Morgan fingerprint density at radius 3 is 2.70 bits per heavy atom. The highest BCUT2D eigenvalue weighted by Crippen LogP contribution is 2.18. The molecule has 20 heavy (non-hydrogen) atoms. The van der Waals surface area contributed by atoms with Gasteiger partial charge in [-0.1, -0.05) is 6.92 Å². The summed E-state index contributed by atoms with van der Waals surface area (Å²) < 4.78 is 0. The van der Waals surface area contributed by atoms with Gasteiger partial charge in [-0.3, -0.25) is 4.79 Å². The maximum atomic E-state index is 11.6. The monoisotopic (exact) mass is 279 g/mol. The first-order valence-electron chi connectivity index (χ1n) is 6.60. The van der Waals surface area contributed by atoms with Gasteiger partial charge >= 0.3 is 5.97 Å². The number of nitrogens with one attached hydrogen (secondary N) is 2. The number of aromatic carboxylic acids is 1. The van der Waals surface area contributed by atoms with E-state index in [9.17, 15) is 9.59 Å². The Labute approximate surface area is 118 Å². The number of carboxylic acids is 1. The van der Waals surface area contributed by atoms with Gasteiger partial charge < -0.3 is 21.5 Å². The molecule has 0 radical (unpaired) electrons. The molecule has 1 unspecified atom stereocenters. The van der Waals surface area contributed by atoms with E-state index in [1.165, 1.54) is 6.07 Å². The van der Waals surface area contributed by atoms with E-state index in [2.05, 4.69) is 10.6 Å². The van der Waals surface area contributed by atoms with Crippen molar-refractivity contribution >= 4 is 23.3 Å². The Morgan fingerprint density at radius 2 is 2.10 bits per heavy atom. The molecule has 5 N–H and O–H groups in total. The molecular weight excluding hydrogens is 258 g/mol. The second kappa shape index (κ2) is 7.37. The molecule has 0 saturated carbocycles. The zero-order chi connectivity index (χ0) is 15.1. The lowest BCUT2D eigenvalue weighted by Gasteiger charge is -2.13. The van der Waals surface area contributed by atoms with Gasteiger partial charge in [0.05, 0.1) is 5.56 Å². The molecule has 0 aliphatic carbocycles. The van der Waals surface area contributed by atoms with Crippen LogP contribution in [0.3, 0.4) is 0 Å². The first-order valence-corrected chi connectivity index (χ1v) is 6.60. The molecule has 1 atom stereocenters. The summed E-state index contributed by atoms with van der Waals surface area (Å²) in [5, 5.41) is 14.9. The molecule has 1 aromatic rings. The normalized spacial score (nSPS) is 11.7. The molecule has 0 bridgehead atoms. The van der Waals surface area contributed by atoms with Gasteiger partial charge in [0.25, 0.3) is 0 Å². The summed E-state index contributed by atoms with van der Waals surface area (Å²) in [5.41, 5.74) is 6.51. The molecule has 1 amide bonds. The number of hydrogen-bond donors (Lipinski definition) is 4. The summed E-state index contributed by atoms with van der Waals surface area (Å²) in [7, 11) is 0. The van der Waals surface area contributed by atoms with Crippen molar-refractivity contribution in [3.05, 3.63) is 23.8 Å². The van der Waals surface area contributed by atoms with E-state index >= 15 is 0 Å². The maximum Gasteiger partial charge on any atom is 0.337 e. The van der Waals surface area contributed by atoms with Crippen molar-refractivity contribution in [1.29, 1.82) is 0 Å². The van der Waals surface area contributed by atoms with Crippen LogP contribution in [-0.4, -0.2) is 29.6 Å². The fourth-order valence-electron chi connectivity index (χ4n) is 1.65. The van der Waals surface area contributed by atoms with Gasteiger partial charge in [-0.05, 0) is 31.5 Å². The summed E-state index contributed by atoms with van der Waals surface area (Å²) in [6.45, 7) is 4.30.